The maximum absolute atomic E-state index is 12.2. The number of aliphatic imine (C=N–C) groups is 1. The van der Waals surface area contributed by atoms with Gasteiger partial charge >= 0.3 is 0 Å². The van der Waals surface area contributed by atoms with Crippen LogP contribution in [0.3, 0.4) is 0 Å². The summed E-state index contributed by atoms with van der Waals surface area (Å²) in [5.41, 5.74) is 0.991. The van der Waals surface area contributed by atoms with Crippen molar-refractivity contribution < 1.29 is 4.79 Å². The molecule has 146 valence electrons. The molecule has 3 rings (SSSR count). The molecule has 8 nitrogen and oxygen atoms in total. The fourth-order valence-corrected chi connectivity index (χ4v) is 2.90. The first kappa shape index (κ1) is 21.1. The summed E-state index contributed by atoms with van der Waals surface area (Å²) in [5.74, 6) is 1.45. The maximum atomic E-state index is 12.2. The molecule has 1 fully saturated rings. The van der Waals surface area contributed by atoms with E-state index in [4.69, 9.17) is 0 Å². The number of nitrogens with one attached hydrogen (secondary N) is 2. The lowest BCUT2D eigenvalue weighted by atomic mass is 10.3. The number of hydrogen-bond donors (Lipinski definition) is 2. The van der Waals surface area contributed by atoms with Gasteiger partial charge in [0.2, 0.25) is 5.91 Å². The second kappa shape index (κ2) is 10.9. The highest BCUT2D eigenvalue weighted by atomic mass is 127. The van der Waals surface area contributed by atoms with Crippen molar-refractivity contribution in [1.82, 2.24) is 30.3 Å². The van der Waals surface area contributed by atoms with Crippen molar-refractivity contribution in [3.63, 3.8) is 0 Å². The van der Waals surface area contributed by atoms with Crippen LogP contribution in [0.2, 0.25) is 0 Å². The zero-order valence-corrected chi connectivity index (χ0v) is 17.8. The summed E-state index contributed by atoms with van der Waals surface area (Å²) in [6.45, 7) is 5.03. The largest absolute Gasteiger partial charge is 0.357 e. The molecule has 1 saturated heterocycles. The van der Waals surface area contributed by atoms with Crippen molar-refractivity contribution in [2.45, 2.75) is 26.3 Å². The Balaban J connectivity index is 0.00000261. The highest BCUT2D eigenvalue weighted by molar-refractivity contribution is 14.0. The van der Waals surface area contributed by atoms with Crippen molar-refractivity contribution in [3.8, 4) is 5.69 Å². The number of likely N-dealkylation sites (tertiary alicyclic amines) is 1. The van der Waals surface area contributed by atoms with Crippen LogP contribution >= 0.6 is 24.0 Å². The Bertz CT molecular complexity index is 741. The van der Waals surface area contributed by atoms with E-state index >= 15 is 0 Å². The average molecular weight is 483 g/mol. The molecular weight excluding hydrogens is 457 g/mol. The number of amides is 1. The highest BCUT2D eigenvalue weighted by Crippen LogP contribution is 2.09. The molecule has 0 bridgehead atoms. The van der Waals surface area contributed by atoms with Crippen LogP contribution < -0.4 is 10.6 Å². The number of benzene rings is 1. The predicted molar refractivity (Wildman–Crippen MR) is 115 cm³/mol. The molecule has 1 aliphatic rings. The zero-order valence-electron chi connectivity index (χ0n) is 15.5. The van der Waals surface area contributed by atoms with E-state index in [1.165, 1.54) is 0 Å². The van der Waals surface area contributed by atoms with E-state index in [1.807, 2.05) is 46.7 Å². The van der Waals surface area contributed by atoms with E-state index in [1.54, 1.807) is 6.33 Å². The summed E-state index contributed by atoms with van der Waals surface area (Å²) in [4.78, 5) is 18.6. The van der Waals surface area contributed by atoms with Gasteiger partial charge in [0.15, 0.2) is 11.8 Å². The van der Waals surface area contributed by atoms with Gasteiger partial charge in [0.05, 0.1) is 6.54 Å². The molecule has 2 heterocycles. The van der Waals surface area contributed by atoms with Crippen LogP contribution in [0, 0.1) is 0 Å². The van der Waals surface area contributed by atoms with Gasteiger partial charge in [-0.1, -0.05) is 18.2 Å². The molecule has 1 aliphatic heterocycles. The van der Waals surface area contributed by atoms with Crippen LogP contribution in [0.15, 0.2) is 41.7 Å². The molecule has 0 spiro atoms. The van der Waals surface area contributed by atoms with Crippen molar-refractivity contribution >= 4 is 35.8 Å². The van der Waals surface area contributed by atoms with Crippen LogP contribution in [0.1, 0.15) is 25.6 Å². The van der Waals surface area contributed by atoms with Gasteiger partial charge in [-0.3, -0.25) is 9.36 Å². The van der Waals surface area contributed by atoms with Crippen LogP contribution in [0.25, 0.3) is 5.69 Å². The van der Waals surface area contributed by atoms with Crippen LogP contribution in [0.4, 0.5) is 0 Å². The summed E-state index contributed by atoms with van der Waals surface area (Å²) in [5, 5.41) is 14.4. The minimum atomic E-state index is 0. The quantitative estimate of drug-likeness (QED) is 0.370. The number of nitrogens with zero attached hydrogens (tertiary/aromatic N) is 5. The summed E-state index contributed by atoms with van der Waals surface area (Å²) in [6.07, 6.45) is 3.86. The van der Waals surface area contributed by atoms with Crippen molar-refractivity contribution in [1.29, 1.82) is 0 Å². The molecule has 0 unspecified atom stereocenters. The third kappa shape index (κ3) is 5.91. The third-order valence-electron chi connectivity index (χ3n) is 4.24. The van der Waals surface area contributed by atoms with Gasteiger partial charge in [0.25, 0.3) is 0 Å². The lowest BCUT2D eigenvalue weighted by Gasteiger charge is -2.17. The number of carbonyl (C=O) groups is 1. The van der Waals surface area contributed by atoms with Gasteiger partial charge in [-0.15, -0.1) is 34.2 Å². The Morgan fingerprint density at radius 1 is 1.19 bits per heavy atom. The number of hydrogen-bond acceptors (Lipinski definition) is 4. The van der Waals surface area contributed by atoms with Gasteiger partial charge in [0.1, 0.15) is 12.9 Å². The standard InChI is InChI=1S/C18H25N7O.HI/c1-2-19-18(21-13-17(26)24-10-6-7-11-24)20-12-16-23-22-14-25(16)15-8-4-3-5-9-15;/h3-5,8-9,14H,2,6-7,10-13H2,1H3,(H2,19,20,21);1H. The van der Waals surface area contributed by atoms with Crippen molar-refractivity contribution in [3.05, 3.63) is 42.5 Å². The minimum Gasteiger partial charge on any atom is -0.357 e. The second-order valence-corrected chi connectivity index (χ2v) is 6.09. The normalized spacial score (nSPS) is 14.0. The molecule has 27 heavy (non-hydrogen) atoms. The third-order valence-corrected chi connectivity index (χ3v) is 4.24. The first-order valence-electron chi connectivity index (χ1n) is 9.02. The fraction of sp³-hybridized carbons (Fsp3) is 0.444. The summed E-state index contributed by atoms with van der Waals surface area (Å²) < 4.78 is 1.91. The highest BCUT2D eigenvalue weighted by Gasteiger charge is 2.17. The van der Waals surface area contributed by atoms with Crippen LogP contribution in [-0.2, 0) is 11.3 Å². The topological polar surface area (TPSA) is 87.4 Å². The molecule has 9 heteroatoms. The molecule has 0 atom stereocenters. The average Bonchev–Trinajstić information content (AvgIpc) is 3.36. The fourth-order valence-electron chi connectivity index (χ4n) is 2.90. The number of para-hydroxylation sites is 1. The Kier molecular flexibility index (Phi) is 8.49. The smallest absolute Gasteiger partial charge is 0.241 e. The first-order valence-corrected chi connectivity index (χ1v) is 9.02. The summed E-state index contributed by atoms with van der Waals surface area (Å²) in [6, 6.07) is 9.90. The van der Waals surface area contributed by atoms with Gasteiger partial charge < -0.3 is 15.5 Å². The molecule has 1 aromatic heterocycles. The number of aromatic nitrogens is 3. The Morgan fingerprint density at radius 2 is 1.93 bits per heavy atom. The maximum Gasteiger partial charge on any atom is 0.241 e. The van der Waals surface area contributed by atoms with E-state index in [9.17, 15) is 4.79 Å². The molecule has 1 amide bonds. The van der Waals surface area contributed by atoms with Crippen molar-refractivity contribution in [2.24, 2.45) is 4.99 Å². The van der Waals surface area contributed by atoms with Gasteiger partial charge in [-0.05, 0) is 31.9 Å². The molecule has 0 aliphatic carbocycles. The van der Waals surface area contributed by atoms with Crippen molar-refractivity contribution in [2.75, 3.05) is 26.2 Å². The Morgan fingerprint density at radius 3 is 2.63 bits per heavy atom. The van der Waals surface area contributed by atoms with Gasteiger partial charge in [0, 0.05) is 25.3 Å². The molecule has 2 N–H and O–H groups in total. The molecule has 2 aromatic rings. The Labute approximate surface area is 176 Å². The second-order valence-electron chi connectivity index (χ2n) is 6.09. The molecule has 0 radical (unpaired) electrons. The van der Waals surface area contributed by atoms with Crippen LogP contribution in [-0.4, -0.2) is 57.7 Å². The van der Waals surface area contributed by atoms with E-state index in [-0.39, 0.29) is 36.4 Å². The molecule has 0 saturated carbocycles. The first-order chi connectivity index (χ1) is 12.8. The van der Waals surface area contributed by atoms with Crippen LogP contribution in [0.5, 0.6) is 0 Å². The minimum absolute atomic E-state index is 0. The van der Waals surface area contributed by atoms with E-state index in [0.717, 1.165) is 44.0 Å². The van der Waals surface area contributed by atoms with E-state index < -0.39 is 0 Å². The molecule has 1 aromatic carbocycles. The number of guanidine groups is 1. The van der Waals surface area contributed by atoms with E-state index in [0.29, 0.717) is 12.5 Å². The number of carbonyl (C=O) groups excluding carboxylic acids is 1. The summed E-state index contributed by atoms with van der Waals surface area (Å²) in [7, 11) is 0. The zero-order chi connectivity index (χ0) is 18.2. The lowest BCUT2D eigenvalue weighted by Crippen LogP contribution is -2.44. The number of halogens is 1. The van der Waals surface area contributed by atoms with Gasteiger partial charge in [-0.25, -0.2) is 4.99 Å². The monoisotopic (exact) mass is 483 g/mol. The molecular formula is C18H26IN7O. The SMILES string of the molecule is CCNC(=NCc1nncn1-c1ccccc1)NCC(=O)N1CCCC1.I. The number of rotatable bonds is 6. The lowest BCUT2D eigenvalue weighted by molar-refractivity contribution is -0.128. The van der Waals surface area contributed by atoms with E-state index in [2.05, 4.69) is 25.8 Å². The summed E-state index contributed by atoms with van der Waals surface area (Å²) >= 11 is 0. The predicted octanol–water partition coefficient (Wildman–Crippen LogP) is 1.56. The Hall–Kier alpha value is -2.17. The van der Waals surface area contributed by atoms with Gasteiger partial charge in [-0.2, -0.15) is 0 Å².